The van der Waals surface area contributed by atoms with E-state index < -0.39 is 17.6 Å². The van der Waals surface area contributed by atoms with Crippen LogP contribution in [0.4, 0.5) is 4.39 Å². The molecule has 1 aromatic carbocycles. The van der Waals surface area contributed by atoms with Gasteiger partial charge in [-0.1, -0.05) is 6.07 Å². The molecule has 16 heavy (non-hydrogen) atoms. The highest BCUT2D eigenvalue weighted by Crippen LogP contribution is 2.08. The minimum Gasteiger partial charge on any atom is -0.272 e. The highest BCUT2D eigenvalue weighted by atomic mass is 35.5. The summed E-state index contributed by atoms with van der Waals surface area (Å²) in [6.07, 6.45) is 0. The van der Waals surface area contributed by atoms with Crippen LogP contribution in [0.5, 0.6) is 0 Å². The summed E-state index contributed by atoms with van der Waals surface area (Å²) in [5.74, 6) is -1.88. The van der Waals surface area contributed by atoms with E-state index in [2.05, 4.69) is 10.9 Å². The van der Waals surface area contributed by atoms with Gasteiger partial charge in [-0.25, -0.2) is 4.39 Å². The summed E-state index contributed by atoms with van der Waals surface area (Å²) >= 11 is 5.20. The number of hydrogen-bond donors (Lipinski definition) is 2. The van der Waals surface area contributed by atoms with Gasteiger partial charge in [0.05, 0.1) is 0 Å². The molecule has 0 fully saturated rings. The number of alkyl halides is 1. The first-order valence-electron chi connectivity index (χ1n) is 4.46. The van der Waals surface area contributed by atoms with Crippen molar-refractivity contribution in [1.29, 1.82) is 0 Å². The minimum absolute atomic E-state index is 0.123. The second kappa shape index (κ2) is 5.46. The number of nitrogens with one attached hydrogen (secondary N) is 2. The third kappa shape index (κ3) is 3.20. The number of carbonyl (C=O) groups excluding carboxylic acids is 2. The fourth-order valence-electron chi connectivity index (χ4n) is 0.966. The van der Waals surface area contributed by atoms with Gasteiger partial charge in [0.2, 0.25) is 0 Å². The van der Waals surface area contributed by atoms with Crippen molar-refractivity contribution in [3.63, 3.8) is 0 Å². The van der Waals surface area contributed by atoms with Crippen molar-refractivity contribution in [2.24, 2.45) is 0 Å². The zero-order valence-electron chi connectivity index (χ0n) is 8.51. The summed E-state index contributed by atoms with van der Waals surface area (Å²) in [6.45, 7) is 1.59. The lowest BCUT2D eigenvalue weighted by atomic mass is 10.1. The van der Waals surface area contributed by atoms with Crippen molar-refractivity contribution >= 4 is 23.4 Å². The van der Waals surface area contributed by atoms with Crippen molar-refractivity contribution in [2.75, 3.05) is 5.88 Å². The first-order chi connectivity index (χ1) is 7.54. The van der Waals surface area contributed by atoms with Crippen molar-refractivity contribution in [2.45, 2.75) is 6.92 Å². The maximum Gasteiger partial charge on any atom is 0.269 e. The summed E-state index contributed by atoms with van der Waals surface area (Å²) in [6, 6.07) is 4.03. The molecule has 86 valence electrons. The fourth-order valence-corrected chi connectivity index (χ4v) is 1.03. The van der Waals surface area contributed by atoms with Gasteiger partial charge in [0.15, 0.2) is 0 Å². The molecule has 1 aromatic rings. The molecule has 2 N–H and O–H groups in total. The van der Waals surface area contributed by atoms with Crippen molar-refractivity contribution in [3.05, 3.63) is 35.1 Å². The van der Waals surface area contributed by atoms with E-state index in [9.17, 15) is 14.0 Å². The lowest BCUT2D eigenvalue weighted by Crippen LogP contribution is -2.42. The number of halogens is 2. The Labute approximate surface area is 96.8 Å². The molecule has 0 heterocycles. The summed E-state index contributed by atoms with van der Waals surface area (Å²) in [4.78, 5) is 22.1. The Balaban J connectivity index is 2.66. The minimum atomic E-state index is -0.600. The largest absolute Gasteiger partial charge is 0.272 e. The number of hydrogen-bond acceptors (Lipinski definition) is 2. The third-order valence-corrected chi connectivity index (χ3v) is 2.11. The molecule has 0 aliphatic carbocycles. The Bertz CT molecular complexity index is 423. The summed E-state index contributed by atoms with van der Waals surface area (Å²) in [7, 11) is 0. The molecule has 0 aromatic heterocycles. The molecule has 0 radical (unpaired) electrons. The Morgan fingerprint density at radius 2 is 2.06 bits per heavy atom. The monoisotopic (exact) mass is 244 g/mol. The molecule has 4 nitrogen and oxygen atoms in total. The normalized spacial score (nSPS) is 9.69. The van der Waals surface area contributed by atoms with E-state index in [1.54, 1.807) is 6.92 Å². The zero-order valence-corrected chi connectivity index (χ0v) is 9.27. The second-order valence-corrected chi connectivity index (χ2v) is 3.37. The van der Waals surface area contributed by atoms with Crippen LogP contribution in [0.25, 0.3) is 0 Å². The molecule has 0 saturated heterocycles. The van der Waals surface area contributed by atoms with Gasteiger partial charge in [-0.05, 0) is 24.6 Å². The van der Waals surface area contributed by atoms with Crippen LogP contribution in [0.3, 0.4) is 0 Å². The molecule has 0 spiro atoms. The van der Waals surface area contributed by atoms with Crippen LogP contribution in [0.2, 0.25) is 0 Å². The molecular weight excluding hydrogens is 235 g/mol. The number of benzene rings is 1. The Morgan fingerprint density at radius 1 is 1.38 bits per heavy atom. The molecular formula is C10H10ClFN2O2. The molecule has 0 unspecified atom stereocenters. The van der Waals surface area contributed by atoms with Crippen molar-refractivity contribution in [1.82, 2.24) is 10.9 Å². The van der Waals surface area contributed by atoms with Gasteiger partial charge in [0.25, 0.3) is 11.8 Å². The highest BCUT2D eigenvalue weighted by molar-refractivity contribution is 6.27. The van der Waals surface area contributed by atoms with E-state index in [0.29, 0.717) is 5.56 Å². The quantitative estimate of drug-likeness (QED) is 0.605. The maximum atomic E-state index is 13.1. The van der Waals surface area contributed by atoms with Crippen LogP contribution in [0.1, 0.15) is 15.9 Å². The Kier molecular flexibility index (Phi) is 4.25. The van der Waals surface area contributed by atoms with Crippen molar-refractivity contribution in [3.8, 4) is 0 Å². The third-order valence-electron chi connectivity index (χ3n) is 1.87. The predicted molar refractivity (Wildman–Crippen MR) is 57.5 cm³/mol. The second-order valence-electron chi connectivity index (χ2n) is 3.10. The lowest BCUT2D eigenvalue weighted by molar-refractivity contribution is -0.119. The number of rotatable bonds is 2. The Morgan fingerprint density at radius 3 is 2.62 bits per heavy atom. The van der Waals surface area contributed by atoms with Gasteiger partial charge in [0.1, 0.15) is 11.7 Å². The van der Waals surface area contributed by atoms with Crippen LogP contribution >= 0.6 is 11.6 Å². The van der Waals surface area contributed by atoms with Crippen LogP contribution in [0.15, 0.2) is 18.2 Å². The van der Waals surface area contributed by atoms with Gasteiger partial charge in [-0.2, -0.15) is 0 Å². The highest BCUT2D eigenvalue weighted by Gasteiger charge is 2.08. The summed E-state index contributed by atoms with van der Waals surface area (Å²) in [5.41, 5.74) is 4.75. The standard InChI is InChI=1S/C10H10ClFN2O2/c1-6-2-3-7(4-8(6)12)10(16)14-13-9(15)5-11/h2-4H,5H2,1H3,(H,13,15)(H,14,16). The van der Waals surface area contributed by atoms with Gasteiger partial charge < -0.3 is 0 Å². The van der Waals surface area contributed by atoms with E-state index in [0.717, 1.165) is 6.07 Å². The van der Waals surface area contributed by atoms with Gasteiger partial charge in [0, 0.05) is 5.56 Å². The zero-order chi connectivity index (χ0) is 12.1. The molecule has 0 saturated carbocycles. The smallest absolute Gasteiger partial charge is 0.269 e. The van der Waals surface area contributed by atoms with Gasteiger partial charge in [-0.3, -0.25) is 20.4 Å². The first kappa shape index (κ1) is 12.4. The van der Waals surface area contributed by atoms with Crippen LogP contribution in [-0.2, 0) is 4.79 Å². The van der Waals surface area contributed by atoms with Gasteiger partial charge >= 0.3 is 0 Å². The molecule has 2 amide bonds. The van der Waals surface area contributed by atoms with Crippen LogP contribution < -0.4 is 10.9 Å². The number of hydrazine groups is 1. The molecule has 0 bridgehead atoms. The SMILES string of the molecule is Cc1ccc(C(=O)NNC(=O)CCl)cc1F. The number of carbonyl (C=O) groups is 2. The molecule has 6 heteroatoms. The van der Waals surface area contributed by atoms with E-state index in [4.69, 9.17) is 11.6 Å². The van der Waals surface area contributed by atoms with Gasteiger partial charge in [-0.15, -0.1) is 11.6 Å². The van der Waals surface area contributed by atoms with E-state index in [1.165, 1.54) is 12.1 Å². The van der Waals surface area contributed by atoms with Crippen LogP contribution in [0, 0.1) is 12.7 Å². The van der Waals surface area contributed by atoms with Crippen molar-refractivity contribution < 1.29 is 14.0 Å². The van der Waals surface area contributed by atoms with Crippen LogP contribution in [-0.4, -0.2) is 17.7 Å². The average molecular weight is 245 g/mol. The summed E-state index contributed by atoms with van der Waals surface area (Å²) in [5, 5.41) is 0. The fraction of sp³-hybridized carbons (Fsp3) is 0.200. The number of amides is 2. The predicted octanol–water partition coefficient (Wildman–Crippen LogP) is 1.13. The molecule has 1 rings (SSSR count). The Hall–Kier alpha value is -1.62. The maximum absolute atomic E-state index is 13.1. The van der Waals surface area contributed by atoms with E-state index in [1.807, 2.05) is 0 Å². The van der Waals surface area contributed by atoms with E-state index in [-0.39, 0.29) is 11.4 Å². The first-order valence-corrected chi connectivity index (χ1v) is 4.99. The molecule has 0 atom stereocenters. The topological polar surface area (TPSA) is 58.2 Å². The number of aryl methyl sites for hydroxylation is 1. The lowest BCUT2D eigenvalue weighted by Gasteiger charge is -2.06. The van der Waals surface area contributed by atoms with E-state index >= 15 is 0 Å². The molecule has 0 aliphatic heterocycles. The summed E-state index contributed by atoms with van der Waals surface area (Å²) < 4.78 is 13.1. The average Bonchev–Trinajstić information content (AvgIpc) is 2.29. The molecule has 0 aliphatic rings.